The zero-order valence-corrected chi connectivity index (χ0v) is 12.8. The molecule has 20 heavy (non-hydrogen) atoms. The first-order valence-corrected chi connectivity index (χ1v) is 7.68. The smallest absolute Gasteiger partial charge is 0.277 e. The minimum atomic E-state index is 0.433. The number of hydrogen-bond acceptors (Lipinski definition) is 6. The third-order valence-corrected chi connectivity index (χ3v) is 4.09. The van der Waals surface area contributed by atoms with Crippen molar-refractivity contribution in [3.05, 3.63) is 39.1 Å². The van der Waals surface area contributed by atoms with E-state index in [1.807, 2.05) is 29.6 Å². The van der Waals surface area contributed by atoms with Gasteiger partial charge in [0.25, 0.3) is 5.89 Å². The molecule has 7 heteroatoms. The molecule has 0 amide bonds. The van der Waals surface area contributed by atoms with Crippen molar-refractivity contribution in [3.63, 3.8) is 0 Å². The molecule has 3 rings (SSSR count). The predicted octanol–water partition coefficient (Wildman–Crippen LogP) is 3.12. The van der Waals surface area contributed by atoms with Gasteiger partial charge in [-0.05, 0) is 30.8 Å². The van der Waals surface area contributed by atoms with E-state index in [1.165, 1.54) is 0 Å². The number of halogens is 1. The summed E-state index contributed by atoms with van der Waals surface area (Å²) in [7, 11) is 0. The lowest BCUT2D eigenvalue weighted by molar-refractivity contribution is 0.431. The first-order valence-electron chi connectivity index (χ1n) is 6.01. The van der Waals surface area contributed by atoms with Gasteiger partial charge < -0.3 is 10.3 Å². The lowest BCUT2D eigenvalue weighted by Crippen LogP contribution is -2.01. The standard InChI is InChI=1S/C13H11BrN4OS/c14-9-3-1-8(2-4-9)12-17-13(19-18-12)10-7-20-11(16-10)5-6-15/h1-4,7H,5-6,15H2. The van der Waals surface area contributed by atoms with E-state index < -0.39 is 0 Å². The van der Waals surface area contributed by atoms with Gasteiger partial charge >= 0.3 is 0 Å². The lowest BCUT2D eigenvalue weighted by Gasteiger charge is -1.93. The Balaban J connectivity index is 1.87. The number of nitrogens with two attached hydrogens (primary N) is 1. The summed E-state index contributed by atoms with van der Waals surface area (Å²) in [6, 6.07) is 7.74. The molecule has 0 saturated heterocycles. The maximum absolute atomic E-state index is 5.51. The summed E-state index contributed by atoms with van der Waals surface area (Å²) in [6.07, 6.45) is 0.762. The molecule has 2 heterocycles. The summed E-state index contributed by atoms with van der Waals surface area (Å²) in [5.74, 6) is 0.989. The van der Waals surface area contributed by atoms with Crippen molar-refractivity contribution in [3.8, 4) is 23.0 Å². The van der Waals surface area contributed by atoms with Gasteiger partial charge in [0.1, 0.15) is 5.69 Å². The van der Waals surface area contributed by atoms with E-state index in [0.717, 1.165) is 21.5 Å². The van der Waals surface area contributed by atoms with Crippen LogP contribution >= 0.6 is 27.3 Å². The van der Waals surface area contributed by atoms with Crippen LogP contribution in [-0.2, 0) is 6.42 Å². The van der Waals surface area contributed by atoms with Gasteiger partial charge in [-0.1, -0.05) is 21.1 Å². The fourth-order valence-corrected chi connectivity index (χ4v) is 2.74. The Morgan fingerprint density at radius 1 is 1.20 bits per heavy atom. The van der Waals surface area contributed by atoms with Gasteiger partial charge in [0, 0.05) is 21.8 Å². The zero-order valence-electron chi connectivity index (χ0n) is 10.4. The molecular weight excluding hydrogens is 340 g/mol. The highest BCUT2D eigenvalue weighted by Crippen LogP contribution is 2.24. The predicted molar refractivity (Wildman–Crippen MR) is 81.3 cm³/mol. The molecule has 3 aromatic rings. The van der Waals surface area contributed by atoms with Crippen molar-refractivity contribution in [2.45, 2.75) is 6.42 Å². The summed E-state index contributed by atoms with van der Waals surface area (Å²) < 4.78 is 6.28. The van der Waals surface area contributed by atoms with E-state index in [-0.39, 0.29) is 0 Å². The summed E-state index contributed by atoms with van der Waals surface area (Å²) in [6.45, 7) is 0.584. The second-order valence-corrected chi connectivity index (χ2v) is 5.95. The molecule has 0 saturated carbocycles. The Morgan fingerprint density at radius 2 is 2.00 bits per heavy atom. The van der Waals surface area contributed by atoms with E-state index in [2.05, 4.69) is 31.1 Å². The van der Waals surface area contributed by atoms with Crippen molar-refractivity contribution >= 4 is 27.3 Å². The molecular formula is C13H11BrN4OS. The molecule has 0 aliphatic carbocycles. The van der Waals surface area contributed by atoms with Crippen molar-refractivity contribution in [1.29, 1.82) is 0 Å². The molecule has 0 bridgehead atoms. The largest absolute Gasteiger partial charge is 0.332 e. The monoisotopic (exact) mass is 350 g/mol. The van der Waals surface area contributed by atoms with Gasteiger partial charge in [-0.2, -0.15) is 4.98 Å². The number of thiazole rings is 1. The first-order chi connectivity index (χ1) is 9.76. The van der Waals surface area contributed by atoms with Crippen LogP contribution in [0.15, 0.2) is 38.6 Å². The molecule has 0 atom stereocenters. The van der Waals surface area contributed by atoms with E-state index >= 15 is 0 Å². The van der Waals surface area contributed by atoms with Crippen molar-refractivity contribution in [2.24, 2.45) is 5.73 Å². The summed E-state index contributed by atoms with van der Waals surface area (Å²) in [5.41, 5.74) is 7.12. The van der Waals surface area contributed by atoms with Gasteiger partial charge in [0.15, 0.2) is 0 Å². The highest BCUT2D eigenvalue weighted by atomic mass is 79.9. The maximum Gasteiger partial charge on any atom is 0.277 e. The van der Waals surface area contributed by atoms with Crippen LogP contribution in [0.3, 0.4) is 0 Å². The second-order valence-electron chi connectivity index (χ2n) is 4.10. The second kappa shape index (κ2) is 5.82. The number of nitrogens with zero attached hydrogens (tertiary/aromatic N) is 3. The average molecular weight is 351 g/mol. The van der Waals surface area contributed by atoms with E-state index in [4.69, 9.17) is 10.3 Å². The third-order valence-electron chi connectivity index (χ3n) is 2.66. The Kier molecular flexibility index (Phi) is 3.90. The van der Waals surface area contributed by atoms with Crippen LogP contribution in [-0.4, -0.2) is 21.7 Å². The first kappa shape index (κ1) is 13.4. The number of rotatable bonds is 4. The molecule has 1 aromatic carbocycles. The topological polar surface area (TPSA) is 77.8 Å². The molecule has 5 nitrogen and oxygen atoms in total. The van der Waals surface area contributed by atoms with Gasteiger partial charge in [0.2, 0.25) is 5.82 Å². The molecule has 0 spiro atoms. The average Bonchev–Trinajstić information content (AvgIpc) is 3.08. The van der Waals surface area contributed by atoms with Crippen LogP contribution in [0.2, 0.25) is 0 Å². The van der Waals surface area contributed by atoms with Gasteiger partial charge in [0.05, 0.1) is 5.01 Å². The van der Waals surface area contributed by atoms with E-state index in [9.17, 15) is 0 Å². The molecule has 0 aliphatic rings. The molecule has 2 N–H and O–H groups in total. The van der Waals surface area contributed by atoms with Gasteiger partial charge in [-0.3, -0.25) is 0 Å². The zero-order chi connectivity index (χ0) is 13.9. The molecule has 102 valence electrons. The summed E-state index contributed by atoms with van der Waals surface area (Å²) in [5, 5.41) is 6.87. The minimum Gasteiger partial charge on any atom is -0.332 e. The van der Waals surface area contributed by atoms with Crippen LogP contribution in [0.1, 0.15) is 5.01 Å². The van der Waals surface area contributed by atoms with Crippen LogP contribution in [0.25, 0.3) is 23.0 Å². The fraction of sp³-hybridized carbons (Fsp3) is 0.154. The number of hydrogen-bond donors (Lipinski definition) is 1. The van der Waals surface area contributed by atoms with Crippen LogP contribution in [0, 0.1) is 0 Å². The Morgan fingerprint density at radius 3 is 2.75 bits per heavy atom. The molecule has 0 unspecified atom stereocenters. The highest BCUT2D eigenvalue weighted by molar-refractivity contribution is 9.10. The molecule has 0 fully saturated rings. The van der Waals surface area contributed by atoms with Crippen molar-refractivity contribution in [2.75, 3.05) is 6.54 Å². The number of aromatic nitrogens is 3. The SMILES string of the molecule is NCCc1nc(-c2nc(-c3ccc(Br)cc3)no2)cs1. The minimum absolute atomic E-state index is 0.433. The fourth-order valence-electron chi connectivity index (χ4n) is 1.69. The van der Waals surface area contributed by atoms with E-state index in [1.54, 1.807) is 11.3 Å². The van der Waals surface area contributed by atoms with Crippen LogP contribution in [0.4, 0.5) is 0 Å². The Hall–Kier alpha value is -1.57. The normalized spacial score (nSPS) is 10.9. The number of benzene rings is 1. The molecule has 2 aromatic heterocycles. The van der Waals surface area contributed by atoms with Gasteiger partial charge in [-0.15, -0.1) is 11.3 Å². The van der Waals surface area contributed by atoms with Gasteiger partial charge in [-0.25, -0.2) is 4.98 Å². The van der Waals surface area contributed by atoms with Crippen LogP contribution < -0.4 is 5.73 Å². The highest BCUT2D eigenvalue weighted by Gasteiger charge is 2.13. The lowest BCUT2D eigenvalue weighted by atomic mass is 10.2. The van der Waals surface area contributed by atoms with Crippen molar-refractivity contribution < 1.29 is 4.52 Å². The summed E-state index contributed by atoms with van der Waals surface area (Å²) in [4.78, 5) is 8.80. The third kappa shape index (κ3) is 2.79. The molecule has 0 radical (unpaired) electrons. The Bertz CT molecular complexity index is 707. The quantitative estimate of drug-likeness (QED) is 0.781. The maximum atomic E-state index is 5.51. The molecule has 0 aliphatic heterocycles. The van der Waals surface area contributed by atoms with Crippen molar-refractivity contribution in [1.82, 2.24) is 15.1 Å². The Labute approximate surface area is 128 Å². The van der Waals surface area contributed by atoms with E-state index in [0.29, 0.717) is 24.0 Å². The van der Waals surface area contributed by atoms with Crippen LogP contribution in [0.5, 0.6) is 0 Å². The summed E-state index contributed by atoms with van der Waals surface area (Å²) >= 11 is 4.95.